The van der Waals surface area contributed by atoms with E-state index in [9.17, 15) is 22.8 Å². The largest absolute Gasteiger partial charge is 0.416 e. The zero-order valence-corrected chi connectivity index (χ0v) is 21.6. The van der Waals surface area contributed by atoms with Crippen molar-refractivity contribution in [1.29, 1.82) is 0 Å². The maximum Gasteiger partial charge on any atom is 0.416 e. The van der Waals surface area contributed by atoms with E-state index in [1.165, 1.54) is 12.1 Å². The molecule has 0 radical (unpaired) electrons. The minimum Gasteiger partial charge on any atom is -0.335 e. The summed E-state index contributed by atoms with van der Waals surface area (Å²) in [6, 6.07) is 27.2. The van der Waals surface area contributed by atoms with E-state index >= 15 is 0 Å². The summed E-state index contributed by atoms with van der Waals surface area (Å²) in [5.41, 5.74) is 4.54. The fourth-order valence-electron chi connectivity index (χ4n) is 4.80. The van der Waals surface area contributed by atoms with Crippen LogP contribution in [0.2, 0.25) is 0 Å². The first kappa shape index (κ1) is 26.9. The van der Waals surface area contributed by atoms with Crippen molar-refractivity contribution in [2.45, 2.75) is 25.6 Å². The summed E-state index contributed by atoms with van der Waals surface area (Å²) in [5, 5.41) is 2.92. The zero-order chi connectivity index (χ0) is 28.1. The second kappa shape index (κ2) is 11.6. The normalized spacial score (nSPS) is 13.2. The topological polar surface area (TPSA) is 49.4 Å². The number of nitrogens with one attached hydrogen (secondary N) is 1. The number of amides is 2. The highest BCUT2D eigenvalue weighted by Gasteiger charge is 2.30. The van der Waals surface area contributed by atoms with Gasteiger partial charge in [-0.2, -0.15) is 13.2 Å². The molecule has 0 fully saturated rings. The van der Waals surface area contributed by atoms with Crippen LogP contribution in [-0.2, 0) is 30.4 Å². The Hall–Kier alpha value is -4.65. The van der Waals surface area contributed by atoms with Crippen molar-refractivity contribution < 1.29 is 22.8 Å². The molecule has 0 spiro atoms. The third kappa shape index (κ3) is 6.31. The standard InChI is InChI=1S/C33H27F3N2O2/c34-33(35,36)27-16-13-24(14-17-27)29-10-4-5-11-30(29)32(40)37-28-18-15-26-22-38(20-19-25(26)21-28)31(39)12-6-9-23-7-2-1-3-8-23/h1-8,10-18,21H,9,19-20,22H2,(H,37,40). The quantitative estimate of drug-likeness (QED) is 0.261. The van der Waals surface area contributed by atoms with Gasteiger partial charge in [0, 0.05) is 24.3 Å². The van der Waals surface area contributed by atoms with Crippen molar-refractivity contribution in [2.24, 2.45) is 0 Å². The van der Waals surface area contributed by atoms with E-state index in [1.54, 1.807) is 36.4 Å². The Morgan fingerprint density at radius 2 is 1.57 bits per heavy atom. The molecule has 0 aromatic heterocycles. The average molecular weight is 541 g/mol. The number of benzene rings is 4. The first-order chi connectivity index (χ1) is 19.3. The van der Waals surface area contributed by atoms with Crippen molar-refractivity contribution in [3.8, 4) is 11.1 Å². The van der Waals surface area contributed by atoms with Gasteiger partial charge in [-0.3, -0.25) is 9.59 Å². The van der Waals surface area contributed by atoms with Gasteiger partial charge in [-0.25, -0.2) is 0 Å². The van der Waals surface area contributed by atoms with E-state index in [-0.39, 0.29) is 11.8 Å². The second-order valence-corrected chi connectivity index (χ2v) is 9.66. The second-order valence-electron chi connectivity index (χ2n) is 9.66. The number of anilines is 1. The summed E-state index contributed by atoms with van der Waals surface area (Å²) in [7, 11) is 0. The van der Waals surface area contributed by atoms with Crippen molar-refractivity contribution in [3.05, 3.63) is 137 Å². The number of rotatable bonds is 6. The van der Waals surface area contributed by atoms with E-state index in [4.69, 9.17) is 0 Å². The zero-order valence-electron chi connectivity index (χ0n) is 21.6. The molecular weight excluding hydrogens is 513 g/mol. The number of allylic oxidation sites excluding steroid dienone is 1. The fraction of sp³-hybridized carbons (Fsp3) is 0.152. The van der Waals surface area contributed by atoms with Gasteiger partial charge in [0.25, 0.3) is 5.91 Å². The molecule has 1 N–H and O–H groups in total. The number of hydrogen-bond donors (Lipinski definition) is 1. The van der Waals surface area contributed by atoms with Crippen LogP contribution in [0.4, 0.5) is 18.9 Å². The van der Waals surface area contributed by atoms with Crippen molar-refractivity contribution >= 4 is 17.5 Å². The van der Waals surface area contributed by atoms with Crippen LogP contribution < -0.4 is 5.32 Å². The van der Waals surface area contributed by atoms with Crippen LogP contribution in [0, 0.1) is 0 Å². The highest BCUT2D eigenvalue weighted by Crippen LogP contribution is 2.32. The summed E-state index contributed by atoms with van der Waals surface area (Å²) in [5.74, 6) is -0.384. The van der Waals surface area contributed by atoms with Crippen molar-refractivity contribution in [2.75, 3.05) is 11.9 Å². The van der Waals surface area contributed by atoms with Gasteiger partial charge in [-0.05, 0) is 77.1 Å². The van der Waals surface area contributed by atoms with Gasteiger partial charge in [-0.1, -0.05) is 72.8 Å². The minimum atomic E-state index is -4.43. The molecule has 5 rings (SSSR count). The molecule has 1 heterocycles. The van der Waals surface area contributed by atoms with E-state index in [2.05, 4.69) is 5.32 Å². The highest BCUT2D eigenvalue weighted by molar-refractivity contribution is 6.08. The number of fused-ring (bicyclic) bond motifs is 1. The van der Waals surface area contributed by atoms with Crippen LogP contribution in [-0.4, -0.2) is 23.3 Å². The predicted octanol–water partition coefficient (Wildman–Crippen LogP) is 7.31. The number of halogens is 3. The molecule has 0 aliphatic carbocycles. The van der Waals surface area contributed by atoms with Gasteiger partial charge < -0.3 is 10.2 Å². The van der Waals surface area contributed by atoms with Crippen LogP contribution in [0.3, 0.4) is 0 Å². The maximum absolute atomic E-state index is 13.2. The van der Waals surface area contributed by atoms with Gasteiger partial charge in [-0.15, -0.1) is 0 Å². The number of carbonyl (C=O) groups is 2. The highest BCUT2D eigenvalue weighted by atomic mass is 19.4. The van der Waals surface area contributed by atoms with E-state index in [1.807, 2.05) is 53.4 Å². The molecule has 4 aromatic carbocycles. The molecule has 7 heteroatoms. The van der Waals surface area contributed by atoms with Gasteiger partial charge >= 0.3 is 6.18 Å². The molecule has 0 saturated carbocycles. The summed E-state index contributed by atoms with van der Waals surface area (Å²) in [6.45, 7) is 1.07. The molecule has 1 aliphatic heterocycles. The summed E-state index contributed by atoms with van der Waals surface area (Å²) in [6.07, 6.45) is 0.446. The Bertz CT molecular complexity index is 1540. The monoisotopic (exact) mass is 540 g/mol. The maximum atomic E-state index is 13.2. The first-order valence-electron chi connectivity index (χ1n) is 13.0. The number of carbonyl (C=O) groups excluding carboxylic acids is 2. The lowest BCUT2D eigenvalue weighted by atomic mass is 9.97. The van der Waals surface area contributed by atoms with E-state index in [0.717, 1.165) is 28.8 Å². The smallest absolute Gasteiger partial charge is 0.335 e. The lowest BCUT2D eigenvalue weighted by molar-refractivity contribution is -0.137. The molecule has 202 valence electrons. The predicted molar refractivity (Wildman–Crippen MR) is 150 cm³/mol. The molecule has 0 unspecified atom stereocenters. The SMILES string of the molecule is O=C(Nc1ccc2c(c1)CCN(C(=O)C=CCc1ccccc1)C2)c1ccccc1-c1ccc(C(F)(F)F)cc1. The van der Waals surface area contributed by atoms with Crippen LogP contribution in [0.5, 0.6) is 0 Å². The molecule has 4 nitrogen and oxygen atoms in total. The summed E-state index contributed by atoms with van der Waals surface area (Å²) in [4.78, 5) is 27.7. The molecule has 4 aromatic rings. The Kier molecular flexibility index (Phi) is 7.82. The van der Waals surface area contributed by atoms with Crippen molar-refractivity contribution in [1.82, 2.24) is 4.90 Å². The van der Waals surface area contributed by atoms with Crippen molar-refractivity contribution in [3.63, 3.8) is 0 Å². The minimum absolute atomic E-state index is 0.0289. The molecule has 1 aliphatic rings. The molecule has 40 heavy (non-hydrogen) atoms. The van der Waals surface area contributed by atoms with Crippen LogP contribution in [0.15, 0.2) is 109 Å². The lowest BCUT2D eigenvalue weighted by Gasteiger charge is -2.28. The Balaban J connectivity index is 1.24. The van der Waals surface area contributed by atoms with Crippen LogP contribution >= 0.6 is 0 Å². The van der Waals surface area contributed by atoms with Gasteiger partial charge in [0.15, 0.2) is 0 Å². The third-order valence-electron chi connectivity index (χ3n) is 6.94. The number of alkyl halides is 3. The van der Waals surface area contributed by atoms with Crippen LogP contribution in [0.1, 0.15) is 32.6 Å². The van der Waals surface area contributed by atoms with E-state index in [0.29, 0.717) is 48.3 Å². The molecule has 0 atom stereocenters. The number of nitrogens with zero attached hydrogens (tertiary/aromatic N) is 1. The molecule has 0 saturated heterocycles. The van der Waals surface area contributed by atoms with Gasteiger partial charge in [0.1, 0.15) is 0 Å². The van der Waals surface area contributed by atoms with Crippen LogP contribution in [0.25, 0.3) is 11.1 Å². The van der Waals surface area contributed by atoms with Gasteiger partial charge in [0.2, 0.25) is 5.91 Å². The lowest BCUT2D eigenvalue weighted by Crippen LogP contribution is -2.34. The summed E-state index contributed by atoms with van der Waals surface area (Å²) >= 11 is 0. The first-order valence-corrected chi connectivity index (χ1v) is 13.0. The molecule has 0 bridgehead atoms. The Morgan fingerprint density at radius 1 is 0.850 bits per heavy atom. The molecule has 2 amide bonds. The number of hydrogen-bond acceptors (Lipinski definition) is 2. The summed E-state index contributed by atoms with van der Waals surface area (Å²) < 4.78 is 38.9. The fourth-order valence-corrected chi connectivity index (χ4v) is 4.80. The van der Waals surface area contributed by atoms with E-state index < -0.39 is 11.7 Å². The Labute approximate surface area is 230 Å². The molecular formula is C33H27F3N2O2. The third-order valence-corrected chi connectivity index (χ3v) is 6.94. The average Bonchev–Trinajstić information content (AvgIpc) is 2.97. The van der Waals surface area contributed by atoms with Gasteiger partial charge in [0.05, 0.1) is 5.56 Å². The Morgan fingerprint density at radius 3 is 2.33 bits per heavy atom.